The molecule has 0 spiro atoms. The minimum Gasteiger partial charge on any atom is -0.314 e. The fourth-order valence-electron chi connectivity index (χ4n) is 2.35. The number of benzene rings is 1. The molecule has 1 aliphatic heterocycles. The SMILES string of the molecule is Cc1ccc(CCN(C)C2CNC2)c(C)c1C. The number of hydrogen-bond donors (Lipinski definition) is 1. The van der Waals surface area contributed by atoms with Crippen LogP contribution in [0, 0.1) is 20.8 Å². The predicted octanol–water partition coefficient (Wildman–Crippen LogP) is 2.06. The minimum absolute atomic E-state index is 0.752. The van der Waals surface area contributed by atoms with Gasteiger partial charge in [0.25, 0.3) is 0 Å². The summed E-state index contributed by atoms with van der Waals surface area (Å²) < 4.78 is 0. The average Bonchev–Trinajstić information content (AvgIpc) is 2.22. The Morgan fingerprint density at radius 3 is 2.47 bits per heavy atom. The lowest BCUT2D eigenvalue weighted by Gasteiger charge is -2.35. The van der Waals surface area contributed by atoms with Crippen molar-refractivity contribution in [2.45, 2.75) is 33.2 Å². The maximum absolute atomic E-state index is 3.33. The van der Waals surface area contributed by atoms with Crippen molar-refractivity contribution in [3.63, 3.8) is 0 Å². The van der Waals surface area contributed by atoms with Crippen LogP contribution in [0.15, 0.2) is 12.1 Å². The van der Waals surface area contributed by atoms with Gasteiger partial charge >= 0.3 is 0 Å². The van der Waals surface area contributed by atoms with Gasteiger partial charge in [0.05, 0.1) is 0 Å². The lowest BCUT2D eigenvalue weighted by molar-refractivity contribution is 0.182. The summed E-state index contributed by atoms with van der Waals surface area (Å²) in [5, 5.41) is 3.33. The summed E-state index contributed by atoms with van der Waals surface area (Å²) >= 11 is 0. The Morgan fingerprint density at radius 2 is 1.88 bits per heavy atom. The molecule has 2 nitrogen and oxygen atoms in total. The first-order chi connectivity index (χ1) is 8.09. The van der Waals surface area contributed by atoms with Gasteiger partial charge in [-0.15, -0.1) is 0 Å². The molecule has 94 valence electrons. The van der Waals surface area contributed by atoms with E-state index in [4.69, 9.17) is 0 Å². The van der Waals surface area contributed by atoms with Gasteiger partial charge in [0.2, 0.25) is 0 Å². The van der Waals surface area contributed by atoms with Crippen molar-refractivity contribution in [2.24, 2.45) is 0 Å². The maximum atomic E-state index is 3.33. The van der Waals surface area contributed by atoms with E-state index < -0.39 is 0 Å². The van der Waals surface area contributed by atoms with Crippen LogP contribution in [0.4, 0.5) is 0 Å². The third-order valence-corrected chi connectivity index (χ3v) is 4.29. The van der Waals surface area contributed by atoms with Crippen molar-refractivity contribution in [1.82, 2.24) is 10.2 Å². The molecule has 0 atom stereocenters. The van der Waals surface area contributed by atoms with Crippen molar-refractivity contribution in [3.05, 3.63) is 34.4 Å². The van der Waals surface area contributed by atoms with E-state index >= 15 is 0 Å². The van der Waals surface area contributed by atoms with Crippen LogP contribution in [0.1, 0.15) is 22.3 Å². The zero-order valence-electron chi connectivity index (χ0n) is 11.5. The van der Waals surface area contributed by atoms with Gasteiger partial charge in [0.1, 0.15) is 0 Å². The van der Waals surface area contributed by atoms with E-state index in [-0.39, 0.29) is 0 Å². The molecule has 0 aliphatic carbocycles. The first-order valence-electron chi connectivity index (χ1n) is 6.56. The molecule has 0 radical (unpaired) electrons. The molecule has 2 heteroatoms. The molecule has 2 rings (SSSR count). The van der Waals surface area contributed by atoms with Crippen molar-refractivity contribution in [2.75, 3.05) is 26.7 Å². The number of aryl methyl sites for hydroxylation is 1. The zero-order chi connectivity index (χ0) is 12.4. The second kappa shape index (κ2) is 5.19. The standard InChI is InChI=1S/C15H24N2/c1-11-5-6-14(13(3)12(11)2)7-8-17(4)15-9-16-10-15/h5-6,15-16H,7-10H2,1-4H3. The van der Waals surface area contributed by atoms with Gasteiger partial charge in [-0.3, -0.25) is 0 Å². The number of nitrogens with zero attached hydrogens (tertiary/aromatic N) is 1. The van der Waals surface area contributed by atoms with Crippen LogP contribution in [0.3, 0.4) is 0 Å². The third-order valence-electron chi connectivity index (χ3n) is 4.29. The van der Waals surface area contributed by atoms with E-state index in [1.807, 2.05) is 0 Å². The van der Waals surface area contributed by atoms with E-state index in [0.717, 1.165) is 25.7 Å². The van der Waals surface area contributed by atoms with Gasteiger partial charge in [-0.2, -0.15) is 0 Å². The van der Waals surface area contributed by atoms with Crippen LogP contribution in [0.2, 0.25) is 0 Å². The van der Waals surface area contributed by atoms with Crippen LogP contribution in [0.5, 0.6) is 0 Å². The molecular formula is C15H24N2. The fraction of sp³-hybridized carbons (Fsp3) is 0.600. The Kier molecular flexibility index (Phi) is 3.85. The third kappa shape index (κ3) is 2.70. The Bertz CT molecular complexity index is 394. The smallest absolute Gasteiger partial charge is 0.0342 e. The molecule has 1 aromatic rings. The van der Waals surface area contributed by atoms with E-state index in [9.17, 15) is 0 Å². The van der Waals surface area contributed by atoms with Gasteiger partial charge < -0.3 is 10.2 Å². The number of nitrogens with one attached hydrogen (secondary N) is 1. The van der Waals surface area contributed by atoms with Crippen molar-refractivity contribution in [3.8, 4) is 0 Å². The van der Waals surface area contributed by atoms with Crippen molar-refractivity contribution >= 4 is 0 Å². The van der Waals surface area contributed by atoms with E-state index in [1.165, 1.54) is 28.7 Å². The van der Waals surface area contributed by atoms with Gasteiger partial charge in [0.15, 0.2) is 0 Å². The van der Waals surface area contributed by atoms with Gasteiger partial charge in [-0.1, -0.05) is 12.1 Å². The largest absolute Gasteiger partial charge is 0.314 e. The van der Waals surface area contributed by atoms with Crippen LogP contribution in [-0.4, -0.2) is 37.6 Å². The first-order valence-corrected chi connectivity index (χ1v) is 6.56. The number of rotatable bonds is 4. The summed E-state index contributed by atoms with van der Waals surface area (Å²) in [7, 11) is 2.24. The van der Waals surface area contributed by atoms with E-state index in [1.54, 1.807) is 0 Å². The highest BCUT2D eigenvalue weighted by Gasteiger charge is 2.20. The second-order valence-corrected chi connectivity index (χ2v) is 5.33. The molecule has 0 saturated carbocycles. The molecule has 1 saturated heterocycles. The normalized spacial score (nSPS) is 16.3. The van der Waals surface area contributed by atoms with Crippen LogP contribution in [0.25, 0.3) is 0 Å². The second-order valence-electron chi connectivity index (χ2n) is 5.33. The quantitative estimate of drug-likeness (QED) is 0.855. The Balaban J connectivity index is 1.96. The van der Waals surface area contributed by atoms with Crippen molar-refractivity contribution < 1.29 is 0 Å². The van der Waals surface area contributed by atoms with Crippen LogP contribution >= 0.6 is 0 Å². The predicted molar refractivity (Wildman–Crippen MR) is 73.6 cm³/mol. The highest BCUT2D eigenvalue weighted by molar-refractivity contribution is 5.38. The first kappa shape index (κ1) is 12.6. The molecule has 0 aromatic heterocycles. The summed E-state index contributed by atoms with van der Waals surface area (Å²) in [5.74, 6) is 0. The average molecular weight is 232 g/mol. The Morgan fingerprint density at radius 1 is 1.18 bits per heavy atom. The zero-order valence-corrected chi connectivity index (χ0v) is 11.5. The monoisotopic (exact) mass is 232 g/mol. The maximum Gasteiger partial charge on any atom is 0.0342 e. The lowest BCUT2D eigenvalue weighted by Crippen LogP contribution is -2.56. The van der Waals surface area contributed by atoms with Crippen LogP contribution in [-0.2, 0) is 6.42 Å². The lowest BCUT2D eigenvalue weighted by atomic mass is 9.96. The topological polar surface area (TPSA) is 15.3 Å². The highest BCUT2D eigenvalue weighted by atomic mass is 15.2. The number of likely N-dealkylation sites (N-methyl/N-ethyl adjacent to an activating group) is 1. The molecule has 17 heavy (non-hydrogen) atoms. The summed E-state index contributed by atoms with van der Waals surface area (Å²) in [4.78, 5) is 2.48. The summed E-state index contributed by atoms with van der Waals surface area (Å²) in [6, 6.07) is 5.30. The number of hydrogen-bond acceptors (Lipinski definition) is 2. The van der Waals surface area contributed by atoms with E-state index in [0.29, 0.717) is 0 Å². The molecule has 1 fully saturated rings. The van der Waals surface area contributed by atoms with Gasteiger partial charge in [-0.05, 0) is 56.5 Å². The molecule has 0 bridgehead atoms. The molecule has 1 N–H and O–H groups in total. The summed E-state index contributed by atoms with van der Waals surface area (Å²) in [6.07, 6.45) is 1.17. The summed E-state index contributed by atoms with van der Waals surface area (Å²) in [6.45, 7) is 10.1. The van der Waals surface area contributed by atoms with Crippen molar-refractivity contribution in [1.29, 1.82) is 0 Å². The van der Waals surface area contributed by atoms with Crippen LogP contribution < -0.4 is 5.32 Å². The molecule has 0 amide bonds. The molecular weight excluding hydrogens is 208 g/mol. The fourth-order valence-corrected chi connectivity index (χ4v) is 2.35. The van der Waals surface area contributed by atoms with Gasteiger partial charge in [-0.25, -0.2) is 0 Å². The molecule has 1 heterocycles. The highest BCUT2D eigenvalue weighted by Crippen LogP contribution is 2.18. The summed E-state index contributed by atoms with van der Waals surface area (Å²) in [5.41, 5.74) is 5.84. The Hall–Kier alpha value is -0.860. The molecule has 1 aliphatic rings. The molecule has 1 aromatic carbocycles. The Labute approximate surface area is 105 Å². The van der Waals surface area contributed by atoms with Gasteiger partial charge in [0, 0.05) is 25.7 Å². The van der Waals surface area contributed by atoms with E-state index in [2.05, 4.69) is 50.2 Å². The molecule has 0 unspecified atom stereocenters. The minimum atomic E-state index is 0.752.